The highest BCUT2D eigenvalue weighted by molar-refractivity contribution is 9.11. The maximum Gasteiger partial charge on any atom is 0.124 e. The summed E-state index contributed by atoms with van der Waals surface area (Å²) < 4.78 is 7.80. The zero-order chi connectivity index (χ0) is 14.0. The summed E-state index contributed by atoms with van der Waals surface area (Å²) in [6.07, 6.45) is 0. The van der Waals surface area contributed by atoms with Crippen LogP contribution in [0.1, 0.15) is 29.0 Å². The Morgan fingerprint density at radius 3 is 2.63 bits per heavy atom. The summed E-state index contributed by atoms with van der Waals surface area (Å²) in [5.74, 6) is 0.848. The smallest absolute Gasteiger partial charge is 0.124 e. The van der Waals surface area contributed by atoms with Crippen LogP contribution < -0.4 is 10.5 Å². The monoisotopic (exact) mass is 403 g/mol. The highest BCUT2D eigenvalue weighted by Crippen LogP contribution is 2.37. The van der Waals surface area contributed by atoms with Crippen molar-refractivity contribution in [1.82, 2.24) is 0 Å². The molecular weight excluding hydrogens is 390 g/mol. The van der Waals surface area contributed by atoms with Crippen LogP contribution in [-0.2, 0) is 0 Å². The van der Waals surface area contributed by atoms with Gasteiger partial charge >= 0.3 is 0 Å². The summed E-state index contributed by atoms with van der Waals surface area (Å²) in [6.45, 7) is 4.68. The molecule has 2 N–H and O–H groups in total. The molecule has 19 heavy (non-hydrogen) atoms. The van der Waals surface area contributed by atoms with Crippen molar-refractivity contribution < 1.29 is 4.74 Å². The van der Waals surface area contributed by atoms with Crippen molar-refractivity contribution >= 4 is 43.2 Å². The summed E-state index contributed by atoms with van der Waals surface area (Å²) in [5, 5.41) is 0. The highest BCUT2D eigenvalue weighted by Gasteiger charge is 2.17. The molecule has 0 saturated carbocycles. The van der Waals surface area contributed by atoms with E-state index in [0.29, 0.717) is 6.61 Å². The third kappa shape index (κ3) is 3.40. The lowest BCUT2D eigenvalue weighted by molar-refractivity contribution is 0.335. The Hall–Kier alpha value is -0.360. The Bertz CT molecular complexity index is 563. The molecule has 1 heterocycles. The van der Waals surface area contributed by atoms with Crippen LogP contribution in [0.4, 0.5) is 0 Å². The largest absolute Gasteiger partial charge is 0.494 e. The van der Waals surface area contributed by atoms with Crippen molar-refractivity contribution in [2.45, 2.75) is 19.9 Å². The third-order valence-corrected chi connectivity index (χ3v) is 5.50. The van der Waals surface area contributed by atoms with Crippen LogP contribution in [0.2, 0.25) is 0 Å². The Kier molecular flexibility index (Phi) is 5.06. The lowest BCUT2D eigenvalue weighted by atomic mass is 10.0. The molecule has 0 fully saturated rings. The van der Waals surface area contributed by atoms with Gasteiger partial charge in [0.15, 0.2) is 0 Å². The molecule has 0 radical (unpaired) electrons. The predicted octanol–water partition coefficient (Wildman–Crippen LogP) is 5.03. The first-order chi connectivity index (χ1) is 9.02. The van der Waals surface area contributed by atoms with Crippen LogP contribution >= 0.6 is 43.2 Å². The van der Waals surface area contributed by atoms with E-state index in [-0.39, 0.29) is 6.04 Å². The second-order valence-electron chi connectivity index (χ2n) is 4.20. The molecule has 0 aliphatic carbocycles. The number of aryl methyl sites for hydroxylation is 1. The Morgan fingerprint density at radius 1 is 1.32 bits per heavy atom. The van der Waals surface area contributed by atoms with Crippen LogP contribution in [0, 0.1) is 6.92 Å². The fraction of sp³-hybridized carbons (Fsp3) is 0.286. The van der Waals surface area contributed by atoms with Gasteiger partial charge in [-0.2, -0.15) is 0 Å². The average Bonchev–Trinajstić information content (AvgIpc) is 2.71. The van der Waals surface area contributed by atoms with Crippen molar-refractivity contribution in [2.24, 2.45) is 5.73 Å². The topological polar surface area (TPSA) is 35.2 Å². The second-order valence-corrected chi connectivity index (χ2v) is 7.52. The standard InChI is InChI=1S/C14H15Br2NOS/c1-3-18-11-5-4-9(15)7-10(11)13(17)12-6-8(2)14(16)19-12/h4-7,13H,3,17H2,1-2H3. The second kappa shape index (κ2) is 6.39. The Morgan fingerprint density at radius 2 is 2.05 bits per heavy atom. The highest BCUT2D eigenvalue weighted by atomic mass is 79.9. The number of halogens is 2. The first-order valence-electron chi connectivity index (χ1n) is 5.96. The third-order valence-electron chi connectivity index (χ3n) is 2.79. The summed E-state index contributed by atoms with van der Waals surface area (Å²) in [6, 6.07) is 7.90. The first-order valence-corrected chi connectivity index (χ1v) is 8.36. The zero-order valence-electron chi connectivity index (χ0n) is 10.7. The fourth-order valence-corrected chi connectivity index (χ4v) is 3.81. The molecule has 5 heteroatoms. The molecule has 0 amide bonds. The molecule has 2 rings (SSSR count). The lowest BCUT2D eigenvalue weighted by Crippen LogP contribution is -2.12. The van der Waals surface area contributed by atoms with Crippen LogP contribution in [0.15, 0.2) is 32.5 Å². The molecule has 1 unspecified atom stereocenters. The van der Waals surface area contributed by atoms with Crippen LogP contribution in [0.3, 0.4) is 0 Å². The molecule has 102 valence electrons. The minimum atomic E-state index is -0.172. The molecule has 0 spiro atoms. The van der Waals surface area contributed by atoms with Gasteiger partial charge < -0.3 is 10.5 Å². The molecule has 1 aromatic carbocycles. The quantitative estimate of drug-likeness (QED) is 0.775. The molecule has 1 atom stereocenters. The van der Waals surface area contributed by atoms with Gasteiger partial charge in [0.25, 0.3) is 0 Å². The molecule has 0 aliphatic heterocycles. The number of thiophene rings is 1. The predicted molar refractivity (Wildman–Crippen MR) is 88.1 cm³/mol. The molecule has 2 nitrogen and oxygen atoms in total. The van der Waals surface area contributed by atoms with Crippen LogP contribution in [0.25, 0.3) is 0 Å². The van der Waals surface area contributed by atoms with E-state index in [2.05, 4.69) is 44.8 Å². The van der Waals surface area contributed by atoms with Crippen LogP contribution in [-0.4, -0.2) is 6.61 Å². The van der Waals surface area contributed by atoms with Gasteiger partial charge in [0, 0.05) is 14.9 Å². The maximum absolute atomic E-state index is 6.39. The average molecular weight is 405 g/mol. The molecule has 0 saturated heterocycles. The van der Waals surface area contributed by atoms with Gasteiger partial charge in [-0.1, -0.05) is 15.9 Å². The number of ether oxygens (including phenoxy) is 1. The van der Waals surface area contributed by atoms with Gasteiger partial charge in [0.1, 0.15) is 5.75 Å². The van der Waals surface area contributed by atoms with Gasteiger partial charge in [-0.05, 0) is 59.6 Å². The molecule has 0 bridgehead atoms. The number of hydrogen-bond acceptors (Lipinski definition) is 3. The minimum Gasteiger partial charge on any atom is -0.494 e. The van der Waals surface area contributed by atoms with Gasteiger partial charge in [-0.15, -0.1) is 11.3 Å². The van der Waals surface area contributed by atoms with Gasteiger partial charge in [0.05, 0.1) is 16.4 Å². The zero-order valence-corrected chi connectivity index (χ0v) is 14.7. The lowest BCUT2D eigenvalue weighted by Gasteiger charge is -2.16. The summed E-state index contributed by atoms with van der Waals surface area (Å²) in [5.41, 5.74) is 8.60. The Labute approximate surface area is 134 Å². The van der Waals surface area contributed by atoms with Gasteiger partial charge in [-0.3, -0.25) is 0 Å². The number of rotatable bonds is 4. The van der Waals surface area contributed by atoms with Crippen molar-refractivity contribution in [1.29, 1.82) is 0 Å². The van der Waals surface area contributed by atoms with E-state index in [1.165, 1.54) is 5.56 Å². The van der Waals surface area contributed by atoms with E-state index in [9.17, 15) is 0 Å². The van der Waals surface area contributed by atoms with E-state index in [4.69, 9.17) is 10.5 Å². The SMILES string of the molecule is CCOc1ccc(Br)cc1C(N)c1cc(C)c(Br)s1. The van der Waals surface area contributed by atoms with Crippen LogP contribution in [0.5, 0.6) is 5.75 Å². The Balaban J connectivity index is 2.41. The molecule has 1 aromatic heterocycles. The molecule has 2 aromatic rings. The number of hydrogen-bond donors (Lipinski definition) is 1. The molecular formula is C14H15Br2NOS. The number of benzene rings is 1. The van der Waals surface area contributed by atoms with Gasteiger partial charge in [-0.25, -0.2) is 0 Å². The molecule has 0 aliphatic rings. The van der Waals surface area contributed by atoms with Crippen molar-refractivity contribution in [3.05, 3.63) is 48.5 Å². The van der Waals surface area contributed by atoms with E-state index in [1.807, 2.05) is 25.1 Å². The van der Waals surface area contributed by atoms with E-state index in [0.717, 1.165) is 24.4 Å². The van der Waals surface area contributed by atoms with E-state index in [1.54, 1.807) is 11.3 Å². The van der Waals surface area contributed by atoms with Gasteiger partial charge in [0.2, 0.25) is 0 Å². The van der Waals surface area contributed by atoms with Crippen molar-refractivity contribution in [2.75, 3.05) is 6.61 Å². The maximum atomic E-state index is 6.39. The number of nitrogens with two attached hydrogens (primary N) is 1. The first kappa shape index (κ1) is 15.0. The van der Waals surface area contributed by atoms with Crippen molar-refractivity contribution in [3.8, 4) is 5.75 Å². The van der Waals surface area contributed by atoms with E-state index >= 15 is 0 Å². The van der Waals surface area contributed by atoms with E-state index < -0.39 is 0 Å². The fourth-order valence-electron chi connectivity index (χ4n) is 1.84. The summed E-state index contributed by atoms with van der Waals surface area (Å²) in [7, 11) is 0. The minimum absolute atomic E-state index is 0.172. The normalized spacial score (nSPS) is 12.5. The summed E-state index contributed by atoms with van der Waals surface area (Å²) in [4.78, 5) is 1.13. The van der Waals surface area contributed by atoms with Crippen molar-refractivity contribution in [3.63, 3.8) is 0 Å². The summed E-state index contributed by atoms with van der Waals surface area (Å²) >= 11 is 8.70.